The number of nitrogens with zero attached hydrogens (tertiary/aromatic N) is 1. The van der Waals surface area contributed by atoms with E-state index in [1.807, 2.05) is 0 Å². The molecule has 2 N–H and O–H groups in total. The molecule has 1 aromatic rings. The second-order valence-electron chi connectivity index (χ2n) is 6.09. The van der Waals surface area contributed by atoms with Crippen molar-refractivity contribution < 1.29 is 17.9 Å². The van der Waals surface area contributed by atoms with E-state index >= 15 is 0 Å². The largest absolute Gasteiger partial charge is 0.486 e. The predicted molar refractivity (Wildman–Crippen MR) is 75.8 cm³/mol. The van der Waals surface area contributed by atoms with Crippen molar-refractivity contribution in [3.05, 3.63) is 18.2 Å². The first-order valence-corrected chi connectivity index (χ1v) is 8.62. The van der Waals surface area contributed by atoms with Crippen LogP contribution in [-0.4, -0.2) is 44.6 Å². The molecule has 2 fully saturated rings. The lowest BCUT2D eigenvalue weighted by molar-refractivity contribution is 0.135. The van der Waals surface area contributed by atoms with Crippen LogP contribution in [0.3, 0.4) is 0 Å². The van der Waals surface area contributed by atoms with Crippen molar-refractivity contribution in [1.82, 2.24) is 4.31 Å². The van der Waals surface area contributed by atoms with E-state index in [2.05, 4.69) is 0 Å². The van der Waals surface area contributed by atoms with E-state index in [9.17, 15) is 8.42 Å². The van der Waals surface area contributed by atoms with Crippen LogP contribution in [0.15, 0.2) is 23.1 Å². The monoisotopic (exact) mass is 310 g/mol. The SMILES string of the molecule is NC1(C2CC2)CN(S(=O)(=O)c2ccc3c(c2)OCCO3)C1. The molecule has 21 heavy (non-hydrogen) atoms. The highest BCUT2D eigenvalue weighted by Gasteiger charge is 2.53. The predicted octanol–water partition coefficient (Wildman–Crippen LogP) is 0.570. The number of fused-ring (bicyclic) bond motifs is 1. The zero-order valence-electron chi connectivity index (χ0n) is 11.6. The Balaban J connectivity index is 1.57. The first-order chi connectivity index (χ1) is 9.99. The van der Waals surface area contributed by atoms with Gasteiger partial charge >= 0.3 is 0 Å². The highest BCUT2D eigenvalue weighted by atomic mass is 32.2. The van der Waals surface area contributed by atoms with Crippen LogP contribution >= 0.6 is 0 Å². The summed E-state index contributed by atoms with van der Waals surface area (Å²) in [7, 11) is -3.49. The number of nitrogens with two attached hydrogens (primary N) is 1. The van der Waals surface area contributed by atoms with Crippen LogP contribution in [0.5, 0.6) is 11.5 Å². The molecule has 114 valence electrons. The van der Waals surface area contributed by atoms with Gasteiger partial charge < -0.3 is 15.2 Å². The molecule has 2 heterocycles. The molecule has 0 radical (unpaired) electrons. The molecule has 0 bridgehead atoms. The van der Waals surface area contributed by atoms with Crippen LogP contribution in [0.25, 0.3) is 0 Å². The molecule has 1 aromatic carbocycles. The van der Waals surface area contributed by atoms with E-state index in [0.717, 1.165) is 12.8 Å². The summed E-state index contributed by atoms with van der Waals surface area (Å²) in [6.45, 7) is 1.75. The Hall–Kier alpha value is -1.31. The van der Waals surface area contributed by atoms with Crippen molar-refractivity contribution in [3.63, 3.8) is 0 Å². The Morgan fingerprint density at radius 3 is 2.48 bits per heavy atom. The molecule has 3 aliphatic rings. The maximum absolute atomic E-state index is 12.6. The minimum absolute atomic E-state index is 0.240. The molecule has 1 aliphatic carbocycles. The van der Waals surface area contributed by atoms with Crippen molar-refractivity contribution in [1.29, 1.82) is 0 Å². The molecule has 0 spiro atoms. The lowest BCUT2D eigenvalue weighted by atomic mass is 9.88. The zero-order valence-corrected chi connectivity index (χ0v) is 12.4. The lowest BCUT2D eigenvalue weighted by Crippen LogP contribution is -2.69. The maximum atomic E-state index is 12.6. The number of ether oxygens (including phenoxy) is 2. The van der Waals surface area contributed by atoms with Crippen LogP contribution in [0, 0.1) is 5.92 Å². The smallest absolute Gasteiger partial charge is 0.243 e. The lowest BCUT2D eigenvalue weighted by Gasteiger charge is -2.47. The van der Waals surface area contributed by atoms with Gasteiger partial charge in [0.15, 0.2) is 11.5 Å². The van der Waals surface area contributed by atoms with Gasteiger partial charge in [0.2, 0.25) is 10.0 Å². The van der Waals surface area contributed by atoms with E-state index in [4.69, 9.17) is 15.2 Å². The Morgan fingerprint density at radius 1 is 1.14 bits per heavy atom. The van der Waals surface area contributed by atoms with Gasteiger partial charge in [-0.15, -0.1) is 0 Å². The third kappa shape index (κ3) is 2.11. The van der Waals surface area contributed by atoms with Crippen molar-refractivity contribution in [3.8, 4) is 11.5 Å². The van der Waals surface area contributed by atoms with Crippen molar-refractivity contribution in [2.75, 3.05) is 26.3 Å². The van der Waals surface area contributed by atoms with Crippen molar-refractivity contribution in [2.24, 2.45) is 11.7 Å². The summed E-state index contributed by atoms with van der Waals surface area (Å²) in [5, 5.41) is 0. The molecule has 0 atom stereocenters. The van der Waals surface area contributed by atoms with E-state index in [0.29, 0.717) is 43.7 Å². The minimum Gasteiger partial charge on any atom is -0.486 e. The molecular weight excluding hydrogens is 292 g/mol. The number of sulfonamides is 1. The topological polar surface area (TPSA) is 81.9 Å². The molecule has 0 amide bonds. The van der Waals surface area contributed by atoms with Crippen molar-refractivity contribution in [2.45, 2.75) is 23.3 Å². The van der Waals surface area contributed by atoms with Crippen molar-refractivity contribution >= 4 is 10.0 Å². The van der Waals surface area contributed by atoms with Crippen LogP contribution in [-0.2, 0) is 10.0 Å². The average Bonchev–Trinajstić information content (AvgIpc) is 3.28. The van der Waals surface area contributed by atoms with Gasteiger partial charge in [-0.1, -0.05) is 0 Å². The first kappa shape index (κ1) is 13.4. The molecular formula is C14H18N2O4S. The van der Waals surface area contributed by atoms with Gasteiger partial charge in [0.25, 0.3) is 0 Å². The van der Waals surface area contributed by atoms with Gasteiger partial charge in [0.1, 0.15) is 13.2 Å². The second-order valence-corrected chi connectivity index (χ2v) is 8.02. The van der Waals surface area contributed by atoms with Gasteiger partial charge in [-0.2, -0.15) is 4.31 Å². The number of hydrogen-bond acceptors (Lipinski definition) is 5. The fourth-order valence-electron chi connectivity index (χ4n) is 3.03. The summed E-state index contributed by atoms with van der Waals surface area (Å²) < 4.78 is 37.5. The molecule has 2 aliphatic heterocycles. The van der Waals surface area contributed by atoms with Gasteiger partial charge in [-0.05, 0) is 30.9 Å². The van der Waals surface area contributed by atoms with E-state index in [1.165, 1.54) is 10.4 Å². The quantitative estimate of drug-likeness (QED) is 0.882. The highest BCUT2D eigenvalue weighted by Crippen LogP contribution is 2.44. The summed E-state index contributed by atoms with van der Waals surface area (Å²) in [4.78, 5) is 0.240. The zero-order chi connectivity index (χ0) is 14.7. The van der Waals surface area contributed by atoms with Crippen LogP contribution in [0.1, 0.15) is 12.8 Å². The van der Waals surface area contributed by atoms with Gasteiger partial charge in [-0.25, -0.2) is 8.42 Å². The molecule has 6 nitrogen and oxygen atoms in total. The molecule has 1 saturated carbocycles. The third-order valence-corrected chi connectivity index (χ3v) is 6.27. The Labute approximate surface area is 123 Å². The molecule has 0 unspecified atom stereocenters. The fourth-order valence-corrected chi connectivity index (χ4v) is 4.64. The Kier molecular flexibility index (Phi) is 2.76. The number of rotatable bonds is 3. The molecule has 7 heteroatoms. The second kappa shape index (κ2) is 4.34. The maximum Gasteiger partial charge on any atom is 0.243 e. The van der Waals surface area contributed by atoms with Gasteiger partial charge in [-0.3, -0.25) is 0 Å². The molecule has 1 saturated heterocycles. The summed E-state index contributed by atoms with van der Waals surface area (Å²) in [6, 6.07) is 4.76. The standard InChI is InChI=1S/C14H18N2O4S/c15-14(10-1-2-10)8-16(9-14)21(17,18)11-3-4-12-13(7-11)20-6-5-19-12/h3-4,7,10H,1-2,5-6,8-9,15H2. The number of benzene rings is 1. The van der Waals surface area contributed by atoms with E-state index in [1.54, 1.807) is 12.1 Å². The van der Waals surface area contributed by atoms with Gasteiger partial charge in [0.05, 0.1) is 4.90 Å². The minimum atomic E-state index is -3.49. The Morgan fingerprint density at radius 2 is 1.81 bits per heavy atom. The fraction of sp³-hybridized carbons (Fsp3) is 0.571. The summed E-state index contributed by atoms with van der Waals surface area (Å²) in [5.74, 6) is 1.57. The van der Waals surface area contributed by atoms with Crippen LogP contribution in [0.2, 0.25) is 0 Å². The molecule has 0 aromatic heterocycles. The van der Waals surface area contributed by atoms with Crippen LogP contribution in [0.4, 0.5) is 0 Å². The summed E-state index contributed by atoms with van der Waals surface area (Å²) >= 11 is 0. The number of hydrogen-bond donors (Lipinski definition) is 1. The summed E-state index contributed by atoms with van der Waals surface area (Å²) in [5.41, 5.74) is 5.91. The average molecular weight is 310 g/mol. The third-order valence-electron chi connectivity index (χ3n) is 4.48. The Bertz CT molecular complexity index is 678. The van der Waals surface area contributed by atoms with Crippen LogP contribution < -0.4 is 15.2 Å². The molecule has 4 rings (SSSR count). The van der Waals surface area contributed by atoms with E-state index < -0.39 is 10.0 Å². The highest BCUT2D eigenvalue weighted by molar-refractivity contribution is 7.89. The summed E-state index contributed by atoms with van der Waals surface area (Å²) in [6.07, 6.45) is 2.24. The van der Waals surface area contributed by atoms with Gasteiger partial charge in [0, 0.05) is 24.7 Å². The normalized spacial score (nSPS) is 24.4. The van der Waals surface area contributed by atoms with E-state index in [-0.39, 0.29) is 10.4 Å². The first-order valence-electron chi connectivity index (χ1n) is 7.18.